The summed E-state index contributed by atoms with van der Waals surface area (Å²) in [7, 11) is 2.62. The lowest BCUT2D eigenvalue weighted by atomic mass is 10.2. The number of carboxylic acid groups (broad SMARTS) is 1. The lowest BCUT2D eigenvalue weighted by Gasteiger charge is -2.11. The summed E-state index contributed by atoms with van der Waals surface area (Å²) in [6.45, 7) is 0. The van der Waals surface area contributed by atoms with Crippen molar-refractivity contribution in [2.75, 3.05) is 14.2 Å². The van der Waals surface area contributed by atoms with Crippen LogP contribution in [0.2, 0.25) is 5.02 Å². The molecular formula is C10H10ClNO4. The minimum Gasteiger partial charge on any atom is -0.495 e. The Morgan fingerprint density at radius 1 is 1.44 bits per heavy atom. The molecule has 16 heavy (non-hydrogen) atoms. The Kier molecular flexibility index (Phi) is 3.73. The Morgan fingerprint density at radius 3 is 2.50 bits per heavy atom. The van der Waals surface area contributed by atoms with E-state index >= 15 is 0 Å². The highest BCUT2D eigenvalue weighted by atomic mass is 35.5. The summed E-state index contributed by atoms with van der Waals surface area (Å²) in [5.74, 6) is -0.215. The summed E-state index contributed by atoms with van der Waals surface area (Å²) < 4.78 is 4.91. The van der Waals surface area contributed by atoms with Crippen LogP contribution in [0.1, 0.15) is 10.4 Å². The number of nitrogens with zero attached hydrogens (tertiary/aromatic N) is 1. The highest BCUT2D eigenvalue weighted by Crippen LogP contribution is 2.25. The van der Waals surface area contributed by atoms with Gasteiger partial charge in [0.15, 0.2) is 0 Å². The van der Waals surface area contributed by atoms with Gasteiger partial charge in [-0.3, -0.25) is 4.79 Å². The van der Waals surface area contributed by atoms with Crippen LogP contribution in [0.5, 0.6) is 5.75 Å². The zero-order valence-corrected chi connectivity index (χ0v) is 9.49. The monoisotopic (exact) mass is 243 g/mol. The number of hydrogen-bond acceptors (Lipinski definition) is 3. The van der Waals surface area contributed by atoms with Crippen molar-refractivity contribution in [1.29, 1.82) is 0 Å². The van der Waals surface area contributed by atoms with Crippen molar-refractivity contribution in [3.63, 3.8) is 0 Å². The molecule has 0 bridgehead atoms. The average Bonchev–Trinajstić information content (AvgIpc) is 2.26. The Bertz CT molecular complexity index is 433. The second kappa shape index (κ2) is 4.85. The quantitative estimate of drug-likeness (QED) is 0.864. The van der Waals surface area contributed by atoms with Crippen molar-refractivity contribution in [3.8, 4) is 5.75 Å². The van der Waals surface area contributed by atoms with Crippen LogP contribution < -0.4 is 4.74 Å². The first kappa shape index (κ1) is 12.3. The zero-order chi connectivity index (χ0) is 12.3. The Hall–Kier alpha value is -1.75. The Balaban J connectivity index is 3.02. The highest BCUT2D eigenvalue weighted by molar-refractivity contribution is 6.32. The van der Waals surface area contributed by atoms with Gasteiger partial charge >= 0.3 is 6.09 Å². The molecule has 5 nitrogen and oxygen atoms in total. The van der Waals surface area contributed by atoms with E-state index in [9.17, 15) is 9.59 Å². The van der Waals surface area contributed by atoms with Crippen molar-refractivity contribution in [2.45, 2.75) is 0 Å². The number of amides is 2. The van der Waals surface area contributed by atoms with Crippen LogP contribution in [0.15, 0.2) is 18.2 Å². The van der Waals surface area contributed by atoms with Gasteiger partial charge in [0.2, 0.25) is 0 Å². The summed E-state index contributed by atoms with van der Waals surface area (Å²) in [6.07, 6.45) is -1.32. The maximum Gasteiger partial charge on any atom is 0.414 e. The maximum atomic E-state index is 11.6. The molecule has 0 saturated carbocycles. The van der Waals surface area contributed by atoms with Gasteiger partial charge in [-0.05, 0) is 18.2 Å². The number of carbonyl (C=O) groups excluding carboxylic acids is 1. The van der Waals surface area contributed by atoms with Gasteiger partial charge in [0, 0.05) is 12.6 Å². The minimum absolute atomic E-state index is 0.190. The maximum absolute atomic E-state index is 11.6. The van der Waals surface area contributed by atoms with Crippen molar-refractivity contribution in [1.82, 2.24) is 4.90 Å². The van der Waals surface area contributed by atoms with Crippen molar-refractivity contribution >= 4 is 23.6 Å². The summed E-state index contributed by atoms with van der Waals surface area (Å²) in [4.78, 5) is 22.7. The number of methoxy groups -OCH3 is 1. The molecule has 2 amide bonds. The second-order valence-electron chi connectivity index (χ2n) is 3.00. The van der Waals surface area contributed by atoms with E-state index in [-0.39, 0.29) is 10.6 Å². The van der Waals surface area contributed by atoms with Gasteiger partial charge in [0.1, 0.15) is 5.75 Å². The fourth-order valence-electron chi connectivity index (χ4n) is 1.08. The van der Waals surface area contributed by atoms with Gasteiger partial charge in [0.05, 0.1) is 12.1 Å². The third-order valence-corrected chi connectivity index (χ3v) is 2.29. The molecule has 0 aliphatic rings. The fraction of sp³-hybridized carbons (Fsp3) is 0.200. The summed E-state index contributed by atoms with van der Waals surface area (Å²) >= 11 is 5.81. The molecule has 0 aliphatic heterocycles. The molecule has 0 spiro atoms. The minimum atomic E-state index is -1.32. The molecule has 0 radical (unpaired) electrons. The topological polar surface area (TPSA) is 66.8 Å². The van der Waals surface area contributed by atoms with Crippen LogP contribution in [0.3, 0.4) is 0 Å². The number of rotatable bonds is 2. The number of ether oxygens (including phenoxy) is 1. The van der Waals surface area contributed by atoms with E-state index in [0.29, 0.717) is 10.6 Å². The van der Waals surface area contributed by atoms with Crippen molar-refractivity contribution in [3.05, 3.63) is 28.8 Å². The highest BCUT2D eigenvalue weighted by Gasteiger charge is 2.18. The average molecular weight is 244 g/mol. The molecule has 0 aromatic heterocycles. The summed E-state index contributed by atoms with van der Waals surface area (Å²) in [5.41, 5.74) is 0.190. The van der Waals surface area contributed by atoms with Crippen molar-refractivity contribution < 1.29 is 19.4 Å². The first-order valence-corrected chi connectivity index (χ1v) is 4.69. The number of halogens is 1. The number of benzene rings is 1. The molecule has 0 aliphatic carbocycles. The van der Waals surface area contributed by atoms with E-state index in [2.05, 4.69) is 0 Å². The van der Waals surface area contributed by atoms with Crippen LogP contribution in [-0.2, 0) is 0 Å². The van der Waals surface area contributed by atoms with Crippen LogP contribution >= 0.6 is 11.6 Å². The van der Waals surface area contributed by atoms with E-state index < -0.39 is 12.0 Å². The molecule has 1 N–H and O–H groups in total. The first-order chi connectivity index (χ1) is 7.47. The molecule has 0 saturated heterocycles. The lowest BCUT2D eigenvalue weighted by Crippen LogP contribution is -2.31. The van der Waals surface area contributed by atoms with E-state index in [1.807, 2.05) is 0 Å². The van der Waals surface area contributed by atoms with E-state index in [1.54, 1.807) is 0 Å². The van der Waals surface area contributed by atoms with Gasteiger partial charge in [0.25, 0.3) is 5.91 Å². The SMILES string of the molecule is COc1ccc(C(=O)N(C)C(=O)O)cc1Cl. The molecule has 0 heterocycles. The Morgan fingerprint density at radius 2 is 2.06 bits per heavy atom. The normalized spacial score (nSPS) is 9.69. The standard InChI is InChI=1S/C10H10ClNO4/c1-12(10(14)15)9(13)6-3-4-8(16-2)7(11)5-6/h3-5H,1-2H3,(H,14,15). The van der Waals surface area contributed by atoms with E-state index in [4.69, 9.17) is 21.4 Å². The van der Waals surface area contributed by atoms with Gasteiger partial charge in [-0.1, -0.05) is 11.6 Å². The molecule has 1 aromatic carbocycles. The predicted octanol–water partition coefficient (Wildman–Crippen LogP) is 2.10. The largest absolute Gasteiger partial charge is 0.495 e. The van der Waals surface area contributed by atoms with Crippen LogP contribution in [0.25, 0.3) is 0 Å². The second-order valence-corrected chi connectivity index (χ2v) is 3.40. The van der Waals surface area contributed by atoms with Gasteiger partial charge in [-0.15, -0.1) is 0 Å². The predicted molar refractivity (Wildman–Crippen MR) is 58.1 cm³/mol. The summed E-state index contributed by atoms with van der Waals surface area (Å²) in [5, 5.41) is 8.89. The zero-order valence-electron chi connectivity index (χ0n) is 8.73. The van der Waals surface area contributed by atoms with E-state index in [0.717, 1.165) is 0 Å². The number of hydrogen-bond donors (Lipinski definition) is 1. The number of carbonyl (C=O) groups is 2. The summed E-state index contributed by atoms with van der Waals surface area (Å²) in [6, 6.07) is 4.32. The first-order valence-electron chi connectivity index (χ1n) is 4.32. The van der Waals surface area contributed by atoms with Crippen LogP contribution in [0, 0.1) is 0 Å². The molecule has 1 rings (SSSR count). The smallest absolute Gasteiger partial charge is 0.414 e. The van der Waals surface area contributed by atoms with E-state index in [1.165, 1.54) is 32.4 Å². The molecule has 0 unspecified atom stereocenters. The van der Waals surface area contributed by atoms with Gasteiger partial charge in [-0.25, -0.2) is 9.69 Å². The van der Waals surface area contributed by atoms with Gasteiger partial charge < -0.3 is 9.84 Å². The molecule has 86 valence electrons. The van der Waals surface area contributed by atoms with Crippen LogP contribution in [-0.4, -0.2) is 36.2 Å². The fourth-order valence-corrected chi connectivity index (χ4v) is 1.34. The molecule has 0 fully saturated rings. The van der Waals surface area contributed by atoms with Crippen molar-refractivity contribution in [2.24, 2.45) is 0 Å². The Labute approximate surface area is 97.2 Å². The van der Waals surface area contributed by atoms with Gasteiger partial charge in [-0.2, -0.15) is 0 Å². The lowest BCUT2D eigenvalue weighted by molar-refractivity contribution is 0.0781. The molecular weight excluding hydrogens is 234 g/mol. The molecule has 1 aromatic rings. The third kappa shape index (κ3) is 2.43. The number of imide groups is 1. The third-order valence-electron chi connectivity index (χ3n) is 1.99. The van der Waals surface area contributed by atoms with Crippen LogP contribution in [0.4, 0.5) is 4.79 Å². The molecule has 6 heteroatoms. The molecule has 0 atom stereocenters.